The molecule has 1 heterocycles. The van der Waals surface area contributed by atoms with E-state index in [1.807, 2.05) is 0 Å². The molecule has 0 spiro atoms. The van der Waals surface area contributed by atoms with Crippen molar-refractivity contribution in [1.82, 2.24) is 5.32 Å². The Morgan fingerprint density at radius 1 is 1.17 bits per heavy atom. The molecular formula is C15H21NO6S. The van der Waals surface area contributed by atoms with Gasteiger partial charge in [0, 0.05) is 11.6 Å². The van der Waals surface area contributed by atoms with Crippen LogP contribution in [0.1, 0.15) is 12.0 Å². The van der Waals surface area contributed by atoms with E-state index in [9.17, 15) is 13.2 Å². The normalized spacial score (nSPS) is 19.2. The highest BCUT2D eigenvalue weighted by molar-refractivity contribution is 7.91. The molecule has 0 aromatic heterocycles. The van der Waals surface area contributed by atoms with E-state index in [0.717, 1.165) is 0 Å². The Labute approximate surface area is 135 Å². The van der Waals surface area contributed by atoms with E-state index < -0.39 is 9.84 Å². The standard InChI is InChI=1S/C15H21NO6S/c1-20-12-5-4-10(14(21-2)15(12)22-3)8-13(17)16-11-6-7-23(18,19)9-11/h4-5,11H,6-9H2,1-3H3,(H,16,17)/t11-/m0/s1. The molecule has 1 aromatic carbocycles. The minimum atomic E-state index is -3.02. The minimum Gasteiger partial charge on any atom is -0.493 e. The maximum Gasteiger partial charge on any atom is 0.224 e. The molecule has 0 saturated carbocycles. The quantitative estimate of drug-likeness (QED) is 0.811. The molecule has 0 aliphatic carbocycles. The maximum atomic E-state index is 12.2. The van der Waals surface area contributed by atoms with Crippen LogP contribution in [0.5, 0.6) is 17.2 Å². The Morgan fingerprint density at radius 3 is 2.39 bits per heavy atom. The zero-order chi connectivity index (χ0) is 17.0. The van der Waals surface area contributed by atoms with Gasteiger partial charge in [-0.05, 0) is 12.5 Å². The molecular weight excluding hydrogens is 322 g/mol. The molecule has 1 N–H and O–H groups in total. The SMILES string of the molecule is COc1ccc(CC(=O)N[C@H]2CCS(=O)(=O)C2)c(OC)c1OC. The van der Waals surface area contributed by atoms with Crippen molar-refractivity contribution in [1.29, 1.82) is 0 Å². The summed E-state index contributed by atoms with van der Waals surface area (Å²) < 4.78 is 38.7. The Bertz CT molecular complexity index is 685. The number of benzene rings is 1. The average molecular weight is 343 g/mol. The van der Waals surface area contributed by atoms with E-state index in [4.69, 9.17) is 14.2 Å². The molecule has 2 rings (SSSR count). The fraction of sp³-hybridized carbons (Fsp3) is 0.533. The summed E-state index contributed by atoms with van der Waals surface area (Å²) in [5.74, 6) is 1.23. The van der Waals surface area contributed by atoms with Gasteiger partial charge in [0.25, 0.3) is 0 Å². The maximum absolute atomic E-state index is 12.2. The Hall–Kier alpha value is -1.96. The molecule has 0 unspecified atom stereocenters. The average Bonchev–Trinajstić information content (AvgIpc) is 2.85. The zero-order valence-corrected chi connectivity index (χ0v) is 14.2. The summed E-state index contributed by atoms with van der Waals surface area (Å²) in [7, 11) is 1.48. The molecule has 8 heteroatoms. The van der Waals surface area contributed by atoms with Crippen LogP contribution in [-0.4, -0.2) is 53.2 Å². The lowest BCUT2D eigenvalue weighted by atomic mass is 10.1. The second-order valence-corrected chi connectivity index (χ2v) is 7.57. The summed E-state index contributed by atoms with van der Waals surface area (Å²) in [5.41, 5.74) is 0.642. The highest BCUT2D eigenvalue weighted by Crippen LogP contribution is 2.39. The molecule has 1 aliphatic rings. The molecule has 1 saturated heterocycles. The number of carbonyl (C=O) groups is 1. The molecule has 0 radical (unpaired) electrons. The predicted molar refractivity (Wildman–Crippen MR) is 85.0 cm³/mol. The van der Waals surface area contributed by atoms with Crippen molar-refractivity contribution in [3.63, 3.8) is 0 Å². The Kier molecular flexibility index (Phi) is 5.35. The van der Waals surface area contributed by atoms with Crippen molar-refractivity contribution in [2.24, 2.45) is 0 Å². The molecule has 1 aliphatic heterocycles. The van der Waals surface area contributed by atoms with Gasteiger partial charge in [-0.2, -0.15) is 0 Å². The van der Waals surface area contributed by atoms with Crippen LogP contribution in [0, 0.1) is 0 Å². The van der Waals surface area contributed by atoms with Gasteiger partial charge in [0.2, 0.25) is 11.7 Å². The van der Waals surface area contributed by atoms with Gasteiger partial charge in [-0.3, -0.25) is 4.79 Å². The van der Waals surface area contributed by atoms with E-state index in [-0.39, 0.29) is 29.9 Å². The Morgan fingerprint density at radius 2 is 1.87 bits per heavy atom. The van der Waals surface area contributed by atoms with Gasteiger partial charge in [-0.25, -0.2) is 8.42 Å². The highest BCUT2D eigenvalue weighted by atomic mass is 32.2. The van der Waals surface area contributed by atoms with Crippen LogP contribution in [0.15, 0.2) is 12.1 Å². The van der Waals surface area contributed by atoms with Crippen molar-refractivity contribution in [3.8, 4) is 17.2 Å². The summed E-state index contributed by atoms with van der Waals surface area (Å²) in [4.78, 5) is 12.2. The number of amides is 1. The van der Waals surface area contributed by atoms with Crippen LogP contribution in [0.25, 0.3) is 0 Å². The molecule has 7 nitrogen and oxygen atoms in total. The van der Waals surface area contributed by atoms with Crippen molar-refractivity contribution >= 4 is 15.7 Å². The van der Waals surface area contributed by atoms with E-state index >= 15 is 0 Å². The second kappa shape index (κ2) is 7.08. The summed E-state index contributed by atoms with van der Waals surface area (Å²) in [6, 6.07) is 3.11. The van der Waals surface area contributed by atoms with Crippen LogP contribution in [0.3, 0.4) is 0 Å². The number of rotatable bonds is 6. The lowest BCUT2D eigenvalue weighted by Crippen LogP contribution is -2.36. The number of hydrogen-bond donors (Lipinski definition) is 1. The second-order valence-electron chi connectivity index (χ2n) is 5.34. The summed E-state index contributed by atoms with van der Waals surface area (Å²) >= 11 is 0. The molecule has 0 bridgehead atoms. The molecule has 23 heavy (non-hydrogen) atoms. The lowest BCUT2D eigenvalue weighted by molar-refractivity contribution is -0.121. The third-order valence-electron chi connectivity index (χ3n) is 3.73. The van der Waals surface area contributed by atoms with Crippen LogP contribution >= 0.6 is 0 Å². The third-order valence-corrected chi connectivity index (χ3v) is 5.50. The molecule has 1 aromatic rings. The predicted octanol–water partition coefficient (Wildman–Crippen LogP) is 0.558. The summed E-state index contributed by atoms with van der Waals surface area (Å²) in [5, 5.41) is 2.75. The fourth-order valence-electron chi connectivity index (χ4n) is 2.66. The number of carbonyl (C=O) groups excluding carboxylic acids is 1. The van der Waals surface area contributed by atoms with Crippen LogP contribution in [0.4, 0.5) is 0 Å². The molecule has 1 amide bonds. The minimum absolute atomic E-state index is 0.00179. The number of nitrogens with one attached hydrogen (secondary N) is 1. The first-order valence-corrected chi connectivity index (χ1v) is 9.00. The van der Waals surface area contributed by atoms with E-state index in [0.29, 0.717) is 29.2 Å². The van der Waals surface area contributed by atoms with Crippen molar-refractivity contribution in [2.45, 2.75) is 18.9 Å². The van der Waals surface area contributed by atoms with E-state index in [1.165, 1.54) is 21.3 Å². The van der Waals surface area contributed by atoms with E-state index in [1.54, 1.807) is 12.1 Å². The lowest BCUT2D eigenvalue weighted by Gasteiger charge is -2.16. The van der Waals surface area contributed by atoms with Crippen molar-refractivity contribution in [2.75, 3.05) is 32.8 Å². The first-order chi connectivity index (χ1) is 10.9. The van der Waals surface area contributed by atoms with Gasteiger partial charge in [0.05, 0.1) is 39.3 Å². The van der Waals surface area contributed by atoms with Crippen LogP contribution in [0.2, 0.25) is 0 Å². The largest absolute Gasteiger partial charge is 0.493 e. The smallest absolute Gasteiger partial charge is 0.224 e. The van der Waals surface area contributed by atoms with Gasteiger partial charge >= 0.3 is 0 Å². The third kappa shape index (κ3) is 4.07. The Balaban J connectivity index is 2.12. The number of methoxy groups -OCH3 is 3. The van der Waals surface area contributed by atoms with Gasteiger partial charge in [0.1, 0.15) is 0 Å². The van der Waals surface area contributed by atoms with Gasteiger partial charge < -0.3 is 19.5 Å². The number of hydrogen-bond acceptors (Lipinski definition) is 6. The molecule has 1 fully saturated rings. The fourth-order valence-corrected chi connectivity index (χ4v) is 4.34. The molecule has 1 atom stereocenters. The highest BCUT2D eigenvalue weighted by Gasteiger charge is 2.29. The summed E-state index contributed by atoms with van der Waals surface area (Å²) in [6.07, 6.45) is 0.525. The summed E-state index contributed by atoms with van der Waals surface area (Å²) in [6.45, 7) is 0. The van der Waals surface area contributed by atoms with Gasteiger partial charge in [0.15, 0.2) is 21.3 Å². The van der Waals surface area contributed by atoms with Gasteiger partial charge in [-0.1, -0.05) is 6.07 Å². The number of sulfone groups is 1. The molecule has 128 valence electrons. The van der Waals surface area contributed by atoms with Crippen molar-refractivity contribution in [3.05, 3.63) is 17.7 Å². The van der Waals surface area contributed by atoms with Crippen LogP contribution < -0.4 is 19.5 Å². The van der Waals surface area contributed by atoms with Gasteiger partial charge in [-0.15, -0.1) is 0 Å². The first kappa shape index (κ1) is 17.4. The van der Waals surface area contributed by atoms with E-state index in [2.05, 4.69) is 5.32 Å². The van der Waals surface area contributed by atoms with Crippen molar-refractivity contribution < 1.29 is 27.4 Å². The monoisotopic (exact) mass is 343 g/mol. The first-order valence-electron chi connectivity index (χ1n) is 7.17. The number of ether oxygens (including phenoxy) is 3. The zero-order valence-electron chi connectivity index (χ0n) is 13.4. The topological polar surface area (TPSA) is 90.9 Å². The van der Waals surface area contributed by atoms with Crippen LogP contribution in [-0.2, 0) is 21.1 Å².